The molecule has 0 aromatic rings. The van der Waals surface area contributed by atoms with Gasteiger partial charge in [-0.15, -0.1) is 0 Å². The van der Waals surface area contributed by atoms with Crippen molar-refractivity contribution in [2.75, 3.05) is 13.2 Å². The van der Waals surface area contributed by atoms with Crippen molar-refractivity contribution in [2.45, 2.75) is 358 Å². The molecule has 1 heterocycles. The maximum Gasteiger partial charge on any atom is 0.397 e. The summed E-state index contributed by atoms with van der Waals surface area (Å²) in [4.78, 5) is 13.2. The monoisotopic (exact) mass is 1070 g/mol. The Balaban J connectivity index is 2.28. The highest BCUT2D eigenvalue weighted by Crippen LogP contribution is 2.26. The molecule has 1 rings (SSSR count). The van der Waals surface area contributed by atoms with Crippen molar-refractivity contribution >= 4 is 16.3 Å². The predicted molar refractivity (Wildman–Crippen MR) is 306 cm³/mol. The van der Waals surface area contributed by atoms with Gasteiger partial charge in [-0.05, 0) is 38.5 Å². The molecule has 440 valence electrons. The topological polar surface area (TPSA) is 192 Å². The van der Waals surface area contributed by atoms with Gasteiger partial charge in [-0.1, -0.05) is 283 Å². The molecule has 0 radical (unpaired) electrons. The lowest BCUT2D eigenvalue weighted by Crippen LogP contribution is -2.61. The lowest BCUT2D eigenvalue weighted by Gasteiger charge is -2.41. The zero-order valence-corrected chi connectivity index (χ0v) is 48.8. The van der Waals surface area contributed by atoms with Gasteiger partial charge in [0, 0.05) is 6.42 Å². The summed E-state index contributed by atoms with van der Waals surface area (Å²) in [6.45, 7) is 3.51. The van der Waals surface area contributed by atoms with Crippen molar-refractivity contribution in [1.82, 2.24) is 5.32 Å². The van der Waals surface area contributed by atoms with Gasteiger partial charge in [-0.2, -0.15) is 8.42 Å². The average Bonchev–Trinajstić information content (AvgIpc) is 3.38. The van der Waals surface area contributed by atoms with Gasteiger partial charge in [0.25, 0.3) is 0 Å². The Hall–Kier alpha value is -1.16. The van der Waals surface area contributed by atoms with Crippen LogP contribution in [0.5, 0.6) is 0 Å². The number of amides is 1. The Labute approximate surface area is 455 Å². The zero-order valence-electron chi connectivity index (χ0n) is 47.9. The number of nitrogens with one attached hydrogen (secondary N) is 1. The molecular weight excluding hydrogens is 955 g/mol. The highest BCUT2D eigenvalue weighted by atomic mass is 32.3. The summed E-state index contributed by atoms with van der Waals surface area (Å²) >= 11 is 0. The third kappa shape index (κ3) is 42.8. The van der Waals surface area contributed by atoms with Gasteiger partial charge in [0.05, 0.1) is 25.4 Å². The van der Waals surface area contributed by atoms with E-state index in [1.807, 2.05) is 0 Å². The molecule has 0 aromatic heterocycles. The maximum atomic E-state index is 13.2. The van der Waals surface area contributed by atoms with Crippen LogP contribution in [-0.2, 0) is 28.9 Å². The van der Waals surface area contributed by atoms with E-state index in [0.717, 1.165) is 51.4 Å². The van der Waals surface area contributed by atoms with Gasteiger partial charge in [0.15, 0.2) is 6.29 Å². The van der Waals surface area contributed by atoms with Gasteiger partial charge in [0.1, 0.15) is 24.4 Å². The minimum absolute atomic E-state index is 0.224. The highest BCUT2D eigenvalue weighted by Gasteiger charge is 2.48. The third-order valence-electron chi connectivity index (χ3n) is 15.3. The molecule has 6 N–H and O–H groups in total. The van der Waals surface area contributed by atoms with Gasteiger partial charge in [-0.25, -0.2) is 4.18 Å². The van der Waals surface area contributed by atoms with Crippen LogP contribution in [0.3, 0.4) is 0 Å². The van der Waals surface area contributed by atoms with Crippen LogP contribution in [0.2, 0.25) is 0 Å². The van der Waals surface area contributed by atoms with Crippen LogP contribution in [0.1, 0.15) is 316 Å². The summed E-state index contributed by atoms with van der Waals surface area (Å²) in [7, 11) is -5.08. The minimum Gasteiger partial charge on any atom is -0.394 e. The second-order valence-electron chi connectivity index (χ2n) is 22.4. The summed E-state index contributed by atoms with van der Waals surface area (Å²) in [5.74, 6) is -0.224. The Morgan fingerprint density at radius 3 is 1.22 bits per heavy atom. The lowest BCUT2D eigenvalue weighted by molar-refractivity contribution is -0.298. The van der Waals surface area contributed by atoms with E-state index in [0.29, 0.717) is 12.8 Å². The Morgan fingerprint density at radius 1 is 0.527 bits per heavy atom. The number of aliphatic hydroxyl groups is 4. The second kappa shape index (κ2) is 51.3. The molecule has 7 atom stereocenters. The van der Waals surface area contributed by atoms with Crippen LogP contribution in [0.25, 0.3) is 0 Å². The molecule has 12 nitrogen and oxygen atoms in total. The molecule has 1 aliphatic rings. The van der Waals surface area contributed by atoms with E-state index in [2.05, 4.69) is 35.5 Å². The predicted octanol–water partition coefficient (Wildman–Crippen LogP) is 15.4. The first-order valence-corrected chi connectivity index (χ1v) is 32.9. The average molecular weight is 1070 g/mol. The molecule has 13 heteroatoms. The van der Waals surface area contributed by atoms with Gasteiger partial charge in [-0.3, -0.25) is 9.35 Å². The quantitative estimate of drug-likeness (QED) is 0.0193. The Kier molecular flexibility index (Phi) is 49.1. The molecule has 1 fully saturated rings. The first kappa shape index (κ1) is 70.9. The van der Waals surface area contributed by atoms with E-state index in [1.165, 1.54) is 238 Å². The molecule has 7 unspecified atom stereocenters. The van der Waals surface area contributed by atoms with Crippen LogP contribution < -0.4 is 5.32 Å². The zero-order chi connectivity index (χ0) is 54.0. The molecule has 1 amide bonds. The second-order valence-corrected chi connectivity index (χ2v) is 23.4. The summed E-state index contributed by atoms with van der Waals surface area (Å²) < 4.78 is 48.0. The fraction of sp³-hybridized carbons (Fsp3) is 0.951. The van der Waals surface area contributed by atoms with Crippen molar-refractivity contribution < 1.29 is 51.8 Å². The Morgan fingerprint density at radius 2 is 0.865 bits per heavy atom. The van der Waals surface area contributed by atoms with Crippen LogP contribution in [0, 0.1) is 0 Å². The molecule has 0 spiro atoms. The number of hydrogen-bond acceptors (Lipinski definition) is 10. The van der Waals surface area contributed by atoms with Crippen LogP contribution in [-0.4, -0.2) is 95.4 Å². The molecule has 1 saturated heterocycles. The summed E-state index contributed by atoms with van der Waals surface area (Å²) in [5.41, 5.74) is 0. The maximum absolute atomic E-state index is 13.2. The first-order valence-electron chi connectivity index (χ1n) is 31.6. The van der Waals surface area contributed by atoms with E-state index in [1.54, 1.807) is 0 Å². The van der Waals surface area contributed by atoms with Crippen molar-refractivity contribution in [3.8, 4) is 0 Å². The fourth-order valence-electron chi connectivity index (χ4n) is 10.5. The van der Waals surface area contributed by atoms with Crippen LogP contribution >= 0.6 is 0 Å². The minimum atomic E-state index is -5.08. The number of carbonyl (C=O) groups is 1. The first-order chi connectivity index (χ1) is 36.0. The fourth-order valence-corrected chi connectivity index (χ4v) is 11.0. The van der Waals surface area contributed by atoms with E-state index in [9.17, 15) is 38.2 Å². The molecule has 1 aliphatic heterocycles. The largest absolute Gasteiger partial charge is 0.397 e. The number of allylic oxidation sites excluding steroid dienone is 2. The normalized spacial score (nSPS) is 19.1. The van der Waals surface area contributed by atoms with Gasteiger partial charge in [0.2, 0.25) is 5.91 Å². The van der Waals surface area contributed by atoms with E-state index < -0.39 is 59.9 Å². The van der Waals surface area contributed by atoms with E-state index in [-0.39, 0.29) is 12.5 Å². The molecule has 0 saturated carbocycles. The number of hydrogen-bond donors (Lipinski definition) is 6. The van der Waals surface area contributed by atoms with Gasteiger partial charge < -0.3 is 35.2 Å². The highest BCUT2D eigenvalue weighted by molar-refractivity contribution is 7.80. The lowest BCUT2D eigenvalue weighted by atomic mass is 9.99. The van der Waals surface area contributed by atoms with Crippen molar-refractivity contribution in [2.24, 2.45) is 0 Å². The van der Waals surface area contributed by atoms with E-state index >= 15 is 0 Å². The molecule has 0 aliphatic carbocycles. The number of aliphatic hydroxyl groups excluding tert-OH is 4. The van der Waals surface area contributed by atoms with Crippen molar-refractivity contribution in [1.29, 1.82) is 0 Å². The van der Waals surface area contributed by atoms with Crippen molar-refractivity contribution in [3.05, 3.63) is 12.2 Å². The summed E-state index contributed by atoms with van der Waals surface area (Å²) in [5, 5.41) is 45.2. The molecule has 0 bridgehead atoms. The molecular formula is C61H119NO11S. The van der Waals surface area contributed by atoms with Crippen molar-refractivity contribution in [3.63, 3.8) is 0 Å². The SMILES string of the molecule is CCCCCCCCCCCCCC/C=C\CCCCCCCCCCCCCCC(=O)NC(COC1OC(CO)C(O)C(OS(=O)(=O)O)C1O)C(O)CCCCCCCCCCCCCCCCCCCCC. The van der Waals surface area contributed by atoms with Gasteiger partial charge >= 0.3 is 10.4 Å². The Bertz CT molecular complexity index is 1350. The van der Waals surface area contributed by atoms with Crippen LogP contribution in [0.15, 0.2) is 12.2 Å². The number of unbranched alkanes of at least 4 members (excludes halogenated alkanes) is 42. The molecule has 0 aromatic carbocycles. The summed E-state index contributed by atoms with van der Waals surface area (Å²) in [6, 6.07) is -0.857. The third-order valence-corrected chi connectivity index (χ3v) is 15.8. The van der Waals surface area contributed by atoms with Crippen LogP contribution in [0.4, 0.5) is 0 Å². The van der Waals surface area contributed by atoms with E-state index in [4.69, 9.17) is 9.47 Å². The smallest absolute Gasteiger partial charge is 0.394 e. The standard InChI is InChI=1S/C61H119NO11S/c1-3-5-7-9-11-13-15-17-19-21-23-24-25-26-27-28-29-30-31-33-35-37-39-41-43-45-47-49-51-57(65)62-54(53-71-61-59(67)60(73-74(68,69)70)58(66)56(52-63)72-61)55(64)50-48-46-44-42-40-38-36-34-32-22-20-18-16-14-12-10-8-6-4-2/h26-27,54-56,58-61,63-64,66-67H,3-25,28-53H2,1-2H3,(H,62,65)(H,68,69,70)/b27-26-. The number of carbonyl (C=O) groups excluding carboxylic acids is 1. The number of ether oxygens (including phenoxy) is 2. The molecule has 74 heavy (non-hydrogen) atoms. The number of rotatable bonds is 56. The summed E-state index contributed by atoms with van der Waals surface area (Å²) in [6.07, 6.45) is 53.7.